The molecule has 2 amide bonds. The minimum absolute atomic E-state index is 0.0310. The molecule has 0 bridgehead atoms. The molecule has 6 nitrogen and oxygen atoms in total. The van der Waals surface area contributed by atoms with Gasteiger partial charge in [-0.1, -0.05) is 19.3 Å². The van der Waals surface area contributed by atoms with Crippen molar-refractivity contribution >= 4 is 23.5 Å². The van der Waals surface area contributed by atoms with Crippen LogP contribution >= 0.6 is 0 Å². The highest BCUT2D eigenvalue weighted by molar-refractivity contribution is 5.93. The lowest BCUT2D eigenvalue weighted by atomic mass is 9.94. The maximum Gasteiger partial charge on any atom is 0.338 e. The van der Waals surface area contributed by atoms with Crippen molar-refractivity contribution in [2.75, 3.05) is 18.5 Å². The zero-order valence-corrected chi connectivity index (χ0v) is 15.6. The predicted molar refractivity (Wildman–Crippen MR) is 99.9 cm³/mol. The van der Waals surface area contributed by atoms with Gasteiger partial charge in [0.05, 0.1) is 12.2 Å². The number of ether oxygens (including phenoxy) is 1. The summed E-state index contributed by atoms with van der Waals surface area (Å²) in [6.45, 7) is 4.09. The molecule has 0 saturated heterocycles. The van der Waals surface area contributed by atoms with E-state index in [-0.39, 0.29) is 30.2 Å². The number of nitrogens with zero attached hydrogens (tertiary/aromatic N) is 1. The van der Waals surface area contributed by atoms with E-state index in [2.05, 4.69) is 5.32 Å². The summed E-state index contributed by atoms with van der Waals surface area (Å²) in [4.78, 5) is 37.6. The van der Waals surface area contributed by atoms with Crippen molar-refractivity contribution in [2.45, 2.75) is 58.4 Å². The van der Waals surface area contributed by atoms with Crippen LogP contribution in [0.1, 0.15) is 62.7 Å². The molecule has 0 aromatic heterocycles. The van der Waals surface area contributed by atoms with Crippen LogP contribution in [0, 0.1) is 0 Å². The average molecular weight is 360 g/mol. The van der Waals surface area contributed by atoms with Crippen LogP contribution in [0.5, 0.6) is 0 Å². The molecule has 1 aliphatic rings. The Labute approximate surface area is 154 Å². The quantitative estimate of drug-likeness (QED) is 0.757. The first-order valence-corrected chi connectivity index (χ1v) is 9.35. The van der Waals surface area contributed by atoms with E-state index in [0.717, 1.165) is 25.7 Å². The minimum Gasteiger partial charge on any atom is -0.462 e. The van der Waals surface area contributed by atoms with Gasteiger partial charge in [-0.2, -0.15) is 0 Å². The molecule has 0 unspecified atom stereocenters. The molecule has 142 valence electrons. The number of anilines is 1. The largest absolute Gasteiger partial charge is 0.462 e. The molecular weight excluding hydrogens is 332 g/mol. The Bertz CT molecular complexity index is 621. The van der Waals surface area contributed by atoms with Crippen LogP contribution in [0.15, 0.2) is 24.3 Å². The van der Waals surface area contributed by atoms with Gasteiger partial charge in [-0.05, 0) is 44.0 Å². The van der Waals surface area contributed by atoms with Gasteiger partial charge < -0.3 is 15.0 Å². The number of amides is 2. The number of rotatable bonds is 7. The van der Waals surface area contributed by atoms with Gasteiger partial charge in [-0.25, -0.2) is 4.79 Å². The standard InChI is InChI=1S/C20H28N2O4/c1-3-26-20(25)16-9-11-17(12-10-16)21-19(24)13-14-22(15(2)23)18-7-5-4-6-8-18/h9-12,18H,3-8,13-14H2,1-2H3,(H,21,24). The molecule has 0 spiro atoms. The molecule has 0 heterocycles. The Morgan fingerprint density at radius 2 is 1.77 bits per heavy atom. The van der Waals surface area contributed by atoms with Crippen molar-refractivity contribution in [2.24, 2.45) is 0 Å². The Morgan fingerprint density at radius 3 is 2.35 bits per heavy atom. The van der Waals surface area contributed by atoms with E-state index < -0.39 is 0 Å². The number of esters is 1. The SMILES string of the molecule is CCOC(=O)c1ccc(NC(=O)CCN(C(C)=O)C2CCCCC2)cc1. The van der Waals surface area contributed by atoms with Gasteiger partial charge in [-0.3, -0.25) is 9.59 Å². The summed E-state index contributed by atoms with van der Waals surface area (Å²) in [5.41, 5.74) is 1.07. The highest BCUT2D eigenvalue weighted by atomic mass is 16.5. The van der Waals surface area contributed by atoms with Crippen LogP contribution in [0.25, 0.3) is 0 Å². The van der Waals surface area contributed by atoms with E-state index in [1.165, 1.54) is 6.42 Å². The smallest absolute Gasteiger partial charge is 0.338 e. The Hall–Kier alpha value is -2.37. The average Bonchev–Trinajstić information content (AvgIpc) is 2.63. The molecular formula is C20H28N2O4. The number of carbonyl (C=O) groups is 3. The second kappa shape index (κ2) is 9.94. The van der Waals surface area contributed by atoms with Crippen LogP contribution in [0.3, 0.4) is 0 Å². The second-order valence-electron chi connectivity index (χ2n) is 6.60. The Morgan fingerprint density at radius 1 is 1.12 bits per heavy atom. The molecule has 1 aromatic rings. The highest BCUT2D eigenvalue weighted by Gasteiger charge is 2.23. The Kier molecular flexibility index (Phi) is 7.63. The summed E-state index contributed by atoms with van der Waals surface area (Å²) in [5, 5.41) is 2.81. The number of nitrogens with one attached hydrogen (secondary N) is 1. The maximum absolute atomic E-state index is 12.2. The van der Waals surface area contributed by atoms with Crippen molar-refractivity contribution in [1.29, 1.82) is 0 Å². The summed E-state index contributed by atoms with van der Waals surface area (Å²) in [7, 11) is 0. The lowest BCUT2D eigenvalue weighted by Crippen LogP contribution is -2.41. The van der Waals surface area contributed by atoms with Crippen molar-refractivity contribution in [3.8, 4) is 0 Å². The first-order chi connectivity index (χ1) is 12.5. The third kappa shape index (κ3) is 5.86. The van der Waals surface area contributed by atoms with E-state index in [0.29, 0.717) is 24.4 Å². The van der Waals surface area contributed by atoms with Gasteiger partial charge in [0.15, 0.2) is 0 Å². The fourth-order valence-electron chi connectivity index (χ4n) is 3.34. The van der Waals surface area contributed by atoms with Crippen LogP contribution < -0.4 is 5.32 Å². The molecule has 26 heavy (non-hydrogen) atoms. The lowest BCUT2D eigenvalue weighted by Gasteiger charge is -2.33. The van der Waals surface area contributed by atoms with Crippen LogP contribution in [0.4, 0.5) is 5.69 Å². The van der Waals surface area contributed by atoms with Gasteiger partial charge in [0.1, 0.15) is 0 Å². The first kappa shape index (κ1) is 19.9. The highest BCUT2D eigenvalue weighted by Crippen LogP contribution is 2.23. The zero-order valence-electron chi connectivity index (χ0n) is 15.6. The molecule has 1 aromatic carbocycles. The number of benzene rings is 1. The number of carbonyl (C=O) groups excluding carboxylic acids is 3. The molecule has 0 aliphatic heterocycles. The van der Waals surface area contributed by atoms with E-state index in [4.69, 9.17) is 4.74 Å². The van der Waals surface area contributed by atoms with Crippen LogP contribution in [-0.2, 0) is 14.3 Å². The summed E-state index contributed by atoms with van der Waals surface area (Å²) in [6, 6.07) is 6.86. The molecule has 1 N–H and O–H groups in total. The molecule has 1 saturated carbocycles. The van der Waals surface area contributed by atoms with Crippen LogP contribution in [-0.4, -0.2) is 41.9 Å². The van der Waals surface area contributed by atoms with Gasteiger partial charge in [0, 0.05) is 31.6 Å². The molecule has 1 aliphatic carbocycles. The van der Waals surface area contributed by atoms with Gasteiger partial charge in [0.2, 0.25) is 11.8 Å². The van der Waals surface area contributed by atoms with E-state index in [1.807, 2.05) is 4.90 Å². The fourth-order valence-corrected chi connectivity index (χ4v) is 3.34. The third-order valence-corrected chi connectivity index (χ3v) is 4.68. The van der Waals surface area contributed by atoms with Crippen molar-refractivity contribution < 1.29 is 19.1 Å². The van der Waals surface area contributed by atoms with Crippen LogP contribution in [0.2, 0.25) is 0 Å². The van der Waals surface area contributed by atoms with Crippen molar-refractivity contribution in [3.05, 3.63) is 29.8 Å². The van der Waals surface area contributed by atoms with Crippen molar-refractivity contribution in [1.82, 2.24) is 4.90 Å². The fraction of sp³-hybridized carbons (Fsp3) is 0.550. The molecule has 6 heteroatoms. The molecule has 0 radical (unpaired) electrons. The molecule has 2 rings (SSSR count). The first-order valence-electron chi connectivity index (χ1n) is 9.35. The van der Waals surface area contributed by atoms with E-state index in [1.54, 1.807) is 38.1 Å². The van der Waals surface area contributed by atoms with E-state index >= 15 is 0 Å². The lowest BCUT2D eigenvalue weighted by molar-refractivity contribution is -0.132. The minimum atomic E-state index is -0.380. The van der Waals surface area contributed by atoms with Gasteiger partial charge in [-0.15, -0.1) is 0 Å². The molecule has 1 fully saturated rings. The van der Waals surface area contributed by atoms with Gasteiger partial charge >= 0.3 is 5.97 Å². The zero-order chi connectivity index (χ0) is 18.9. The third-order valence-electron chi connectivity index (χ3n) is 4.68. The van der Waals surface area contributed by atoms with Gasteiger partial charge in [0.25, 0.3) is 0 Å². The number of hydrogen-bond donors (Lipinski definition) is 1. The Balaban J connectivity index is 1.85. The van der Waals surface area contributed by atoms with Crippen molar-refractivity contribution in [3.63, 3.8) is 0 Å². The second-order valence-corrected chi connectivity index (χ2v) is 6.60. The normalized spacial score (nSPS) is 14.5. The maximum atomic E-state index is 12.2. The monoisotopic (exact) mass is 360 g/mol. The summed E-state index contributed by atoms with van der Waals surface area (Å²) in [6.07, 6.45) is 5.83. The molecule has 0 atom stereocenters. The van der Waals surface area contributed by atoms with E-state index in [9.17, 15) is 14.4 Å². The predicted octanol–water partition coefficient (Wildman–Crippen LogP) is 3.37. The summed E-state index contributed by atoms with van der Waals surface area (Å²) < 4.78 is 4.93. The summed E-state index contributed by atoms with van der Waals surface area (Å²) in [5.74, 6) is -0.491. The number of hydrogen-bond acceptors (Lipinski definition) is 4. The summed E-state index contributed by atoms with van der Waals surface area (Å²) >= 11 is 0. The topological polar surface area (TPSA) is 75.7 Å².